The van der Waals surface area contributed by atoms with Crippen molar-refractivity contribution in [2.24, 2.45) is 9.98 Å². The van der Waals surface area contributed by atoms with Gasteiger partial charge in [0.1, 0.15) is 12.0 Å². The maximum atomic E-state index is 6.79. The van der Waals surface area contributed by atoms with Gasteiger partial charge < -0.3 is 20.2 Å². The van der Waals surface area contributed by atoms with Crippen LogP contribution < -0.4 is 11.1 Å². The molecule has 0 fully saturated rings. The van der Waals surface area contributed by atoms with Crippen molar-refractivity contribution >= 4 is 71.7 Å². The molecular formula is C61H42N6. The van der Waals surface area contributed by atoms with Crippen LogP contribution in [-0.2, 0) is 0 Å². The first kappa shape index (κ1) is 38.5. The predicted molar refractivity (Wildman–Crippen MR) is 280 cm³/mol. The number of aromatic nitrogens is 2. The van der Waals surface area contributed by atoms with Crippen molar-refractivity contribution in [3.8, 4) is 33.6 Å². The lowest BCUT2D eigenvalue weighted by Gasteiger charge is -2.25. The molecule has 67 heavy (non-hydrogen) atoms. The molecule has 10 aromatic carbocycles. The van der Waals surface area contributed by atoms with Crippen molar-refractivity contribution in [2.75, 3.05) is 5.73 Å². The number of nitrogens with zero attached hydrogens (tertiary/aromatic N) is 4. The van der Waals surface area contributed by atoms with Crippen molar-refractivity contribution < 1.29 is 0 Å². The molecule has 0 amide bonds. The smallest absolute Gasteiger partial charge is 0.159 e. The number of fused-ring (bicyclic) bond motifs is 8. The van der Waals surface area contributed by atoms with Crippen LogP contribution >= 0.6 is 0 Å². The van der Waals surface area contributed by atoms with Gasteiger partial charge in [0, 0.05) is 44.0 Å². The number of hydrogen-bond donors (Lipinski definition) is 2. The number of hydrogen-bond acceptors (Lipinski definition) is 4. The highest BCUT2D eigenvalue weighted by Crippen LogP contribution is 2.43. The molecule has 1 atom stereocenters. The monoisotopic (exact) mass is 858 g/mol. The zero-order valence-electron chi connectivity index (χ0n) is 36.4. The lowest BCUT2D eigenvalue weighted by molar-refractivity contribution is 0.674. The van der Waals surface area contributed by atoms with Crippen LogP contribution in [0.5, 0.6) is 0 Å². The lowest BCUT2D eigenvalue weighted by Crippen LogP contribution is -2.34. The second-order valence-electron chi connectivity index (χ2n) is 17.3. The molecule has 0 saturated heterocycles. The largest absolute Gasteiger partial charge is 0.399 e. The molecule has 0 spiro atoms. The van der Waals surface area contributed by atoms with Gasteiger partial charge in [0.15, 0.2) is 5.84 Å². The van der Waals surface area contributed by atoms with Crippen LogP contribution in [0.15, 0.2) is 241 Å². The molecule has 316 valence electrons. The fourth-order valence-electron chi connectivity index (χ4n) is 10.1. The van der Waals surface area contributed by atoms with Crippen LogP contribution in [0.1, 0.15) is 22.9 Å². The highest BCUT2D eigenvalue weighted by Gasteiger charge is 2.27. The minimum absolute atomic E-state index is 0.430. The first-order valence-electron chi connectivity index (χ1n) is 22.7. The Labute approximate surface area is 387 Å². The molecule has 1 aliphatic rings. The van der Waals surface area contributed by atoms with Crippen molar-refractivity contribution in [3.63, 3.8) is 0 Å². The number of rotatable bonds is 7. The Morgan fingerprint density at radius 3 is 1.76 bits per heavy atom. The molecule has 6 nitrogen and oxygen atoms in total. The minimum Gasteiger partial charge on any atom is -0.399 e. The molecule has 12 aromatic rings. The van der Waals surface area contributed by atoms with Gasteiger partial charge in [0.05, 0.1) is 27.8 Å². The molecule has 6 heteroatoms. The number of benzene rings is 10. The Morgan fingerprint density at radius 1 is 0.433 bits per heavy atom. The third kappa shape index (κ3) is 6.49. The quantitative estimate of drug-likeness (QED) is 0.157. The van der Waals surface area contributed by atoms with Gasteiger partial charge >= 0.3 is 0 Å². The number of nitrogen functional groups attached to an aromatic ring is 1. The molecule has 13 rings (SSSR count). The standard InChI is InChI=1S/C61H42N6/c62-47-32-35-55(67-53-21-11-9-19-49(53)50-34-36-56-57(58(50)67)51-20-10-12-22-54(51)66(56)48-33-31-41-17-7-8-18-46(41)37-48)52(38-47)61-64-59(44-27-23-42(24-28-44)39-13-3-1-4-14-39)63-60(65-61)45-29-25-43(26-30-45)40-15-5-2-6-16-40/h1-38,59H,62H2,(H,63,64,65). The average molecular weight is 859 g/mol. The van der Waals surface area contributed by atoms with Gasteiger partial charge in [-0.05, 0) is 87.1 Å². The van der Waals surface area contributed by atoms with Crippen molar-refractivity contribution in [1.29, 1.82) is 0 Å². The SMILES string of the molecule is Nc1ccc(-n2c3ccccc3c3ccc4c(c5ccccc5n4-c4ccc5ccccc5c4)c32)c(C2=NC(c3ccc(-c4ccccc4)cc3)=NC(c3ccc(-c4ccccc4)cc3)N2)c1. The van der Waals surface area contributed by atoms with Crippen LogP contribution in [0.25, 0.3) is 88.0 Å². The normalized spacial score (nSPS) is 13.9. The van der Waals surface area contributed by atoms with E-state index in [0.717, 1.165) is 66.8 Å². The molecule has 2 aromatic heterocycles. The van der Waals surface area contributed by atoms with E-state index in [1.165, 1.54) is 37.9 Å². The third-order valence-corrected chi connectivity index (χ3v) is 13.3. The first-order valence-corrected chi connectivity index (χ1v) is 22.7. The van der Waals surface area contributed by atoms with E-state index in [-0.39, 0.29) is 0 Å². The Morgan fingerprint density at radius 2 is 1.03 bits per heavy atom. The summed E-state index contributed by atoms with van der Waals surface area (Å²) in [4.78, 5) is 10.7. The fourth-order valence-corrected chi connectivity index (χ4v) is 10.1. The summed E-state index contributed by atoms with van der Waals surface area (Å²) in [5.41, 5.74) is 21.4. The van der Waals surface area contributed by atoms with Crippen LogP contribution in [0.4, 0.5) is 5.69 Å². The first-order chi connectivity index (χ1) is 33.1. The van der Waals surface area contributed by atoms with E-state index in [1.54, 1.807) is 0 Å². The van der Waals surface area contributed by atoms with Crippen molar-refractivity contribution in [2.45, 2.75) is 6.17 Å². The van der Waals surface area contributed by atoms with Crippen LogP contribution in [0, 0.1) is 0 Å². The van der Waals surface area contributed by atoms with Crippen LogP contribution in [0.3, 0.4) is 0 Å². The lowest BCUT2D eigenvalue weighted by atomic mass is 10.0. The molecule has 0 radical (unpaired) electrons. The van der Waals surface area contributed by atoms with E-state index in [2.05, 4.69) is 227 Å². The molecule has 0 saturated carbocycles. The summed E-state index contributed by atoms with van der Waals surface area (Å²) < 4.78 is 4.83. The second-order valence-corrected chi connectivity index (χ2v) is 17.3. The molecule has 1 unspecified atom stereocenters. The zero-order valence-corrected chi connectivity index (χ0v) is 36.4. The van der Waals surface area contributed by atoms with Gasteiger partial charge in [-0.25, -0.2) is 9.98 Å². The van der Waals surface area contributed by atoms with Gasteiger partial charge in [-0.15, -0.1) is 0 Å². The fraction of sp³-hybridized carbons (Fsp3) is 0.0164. The topological polar surface area (TPSA) is 72.6 Å². The Bertz CT molecular complexity index is 3940. The molecule has 0 aliphatic carbocycles. The zero-order chi connectivity index (χ0) is 44.4. The number of para-hydroxylation sites is 2. The predicted octanol–water partition coefficient (Wildman–Crippen LogP) is 14.4. The molecule has 1 aliphatic heterocycles. The molecule has 0 bridgehead atoms. The average Bonchev–Trinajstić information content (AvgIpc) is 3.92. The van der Waals surface area contributed by atoms with E-state index < -0.39 is 6.17 Å². The maximum absolute atomic E-state index is 6.79. The minimum atomic E-state index is -0.430. The molecular weight excluding hydrogens is 817 g/mol. The van der Waals surface area contributed by atoms with Crippen molar-refractivity contribution in [1.82, 2.24) is 14.5 Å². The van der Waals surface area contributed by atoms with E-state index >= 15 is 0 Å². The van der Waals surface area contributed by atoms with Crippen molar-refractivity contribution in [3.05, 3.63) is 247 Å². The number of aliphatic imine (C=N–C) groups is 2. The summed E-state index contributed by atoms with van der Waals surface area (Å²) in [6.45, 7) is 0. The summed E-state index contributed by atoms with van der Waals surface area (Å²) in [5, 5.41) is 10.9. The van der Waals surface area contributed by atoms with Gasteiger partial charge in [-0.1, -0.05) is 182 Å². The maximum Gasteiger partial charge on any atom is 0.159 e. The summed E-state index contributed by atoms with van der Waals surface area (Å²) in [6, 6.07) is 81.7. The van der Waals surface area contributed by atoms with Gasteiger partial charge in [0.2, 0.25) is 0 Å². The second kappa shape index (κ2) is 15.6. The highest BCUT2D eigenvalue weighted by molar-refractivity contribution is 6.27. The number of nitrogens with two attached hydrogens (primary N) is 1. The number of anilines is 1. The summed E-state index contributed by atoms with van der Waals surface area (Å²) in [5.74, 6) is 1.33. The third-order valence-electron chi connectivity index (χ3n) is 13.3. The van der Waals surface area contributed by atoms with Gasteiger partial charge in [0.25, 0.3) is 0 Å². The summed E-state index contributed by atoms with van der Waals surface area (Å²) in [7, 11) is 0. The van der Waals surface area contributed by atoms with E-state index in [9.17, 15) is 0 Å². The highest BCUT2D eigenvalue weighted by atomic mass is 15.2. The van der Waals surface area contributed by atoms with Gasteiger partial charge in [-0.2, -0.15) is 0 Å². The Hall–Kier alpha value is -9.00. The van der Waals surface area contributed by atoms with Crippen LogP contribution in [-0.4, -0.2) is 20.8 Å². The number of amidine groups is 2. The summed E-state index contributed by atoms with van der Waals surface area (Å²) in [6.07, 6.45) is -0.430. The number of nitrogens with one attached hydrogen (secondary N) is 1. The van der Waals surface area contributed by atoms with Gasteiger partial charge in [-0.3, -0.25) is 0 Å². The Kier molecular flexibility index (Phi) is 8.96. The van der Waals surface area contributed by atoms with E-state index in [4.69, 9.17) is 15.7 Å². The molecule has 3 heterocycles. The van der Waals surface area contributed by atoms with Crippen LogP contribution in [0.2, 0.25) is 0 Å². The summed E-state index contributed by atoms with van der Waals surface area (Å²) >= 11 is 0. The van der Waals surface area contributed by atoms with E-state index in [1.807, 2.05) is 18.2 Å². The van der Waals surface area contributed by atoms with E-state index in [0.29, 0.717) is 17.4 Å². The molecule has 3 N–H and O–H groups in total. The Balaban J connectivity index is 1.02.